The molecule has 2 aromatic carbocycles. The van der Waals surface area contributed by atoms with Crippen LogP contribution in [-0.4, -0.2) is 10.2 Å². The largest absolute Gasteiger partial charge is 0.326 e. The fraction of sp³-hybridized carbons (Fsp3) is 0.235. The molecule has 1 amide bonds. The first-order valence-corrected chi connectivity index (χ1v) is 8.04. The summed E-state index contributed by atoms with van der Waals surface area (Å²) in [5.41, 5.74) is 2.57. The van der Waals surface area contributed by atoms with Crippen LogP contribution in [0.1, 0.15) is 17.0 Å². The molecule has 0 bridgehead atoms. The summed E-state index contributed by atoms with van der Waals surface area (Å²) in [6, 6.07) is 15.0. The number of hydrogen-bond acceptors (Lipinski definition) is 1. The summed E-state index contributed by atoms with van der Waals surface area (Å²) in [5.74, 6) is -0.866. The third-order valence-corrected chi connectivity index (χ3v) is 5.28. The lowest BCUT2D eigenvalue weighted by Crippen LogP contribution is -2.17. The molecule has 5 heteroatoms. The van der Waals surface area contributed by atoms with Crippen molar-refractivity contribution in [2.45, 2.75) is 17.2 Å². The van der Waals surface area contributed by atoms with E-state index >= 15 is 0 Å². The van der Waals surface area contributed by atoms with Gasteiger partial charge in [-0.25, -0.2) is 0 Å². The van der Waals surface area contributed by atoms with Crippen LogP contribution >= 0.6 is 34.8 Å². The maximum absolute atomic E-state index is 12.4. The zero-order valence-electron chi connectivity index (χ0n) is 11.8. The second-order valence-corrected chi connectivity index (χ2v) is 7.35. The maximum atomic E-state index is 12.4. The van der Waals surface area contributed by atoms with Gasteiger partial charge in [-0.05, 0) is 30.2 Å². The maximum Gasteiger partial charge on any atom is 0.231 e. The number of carbonyl (C=O) groups excluding carboxylic acids is 1. The van der Waals surface area contributed by atoms with E-state index in [1.807, 2.05) is 49.4 Å². The molecule has 1 saturated carbocycles. The predicted octanol–water partition coefficient (Wildman–Crippen LogP) is 5.17. The molecule has 1 N–H and O–H groups in total. The summed E-state index contributed by atoms with van der Waals surface area (Å²) in [6.07, 6.45) is 0. The third kappa shape index (κ3) is 2.83. The van der Waals surface area contributed by atoms with E-state index in [2.05, 4.69) is 5.32 Å². The van der Waals surface area contributed by atoms with Gasteiger partial charge >= 0.3 is 0 Å². The molecule has 2 nitrogen and oxygen atoms in total. The zero-order chi connectivity index (χ0) is 15.9. The Kier molecular flexibility index (Phi) is 4.11. The first-order chi connectivity index (χ1) is 10.4. The lowest BCUT2D eigenvalue weighted by molar-refractivity contribution is -0.117. The first-order valence-electron chi connectivity index (χ1n) is 6.91. The molecular formula is C17H14Cl3NO. The van der Waals surface area contributed by atoms with Crippen molar-refractivity contribution in [3.63, 3.8) is 0 Å². The van der Waals surface area contributed by atoms with E-state index in [-0.39, 0.29) is 11.8 Å². The average Bonchev–Trinajstić information content (AvgIpc) is 3.07. The Morgan fingerprint density at radius 3 is 2.45 bits per heavy atom. The summed E-state index contributed by atoms with van der Waals surface area (Å²) in [4.78, 5) is 12.4. The fourth-order valence-electron chi connectivity index (χ4n) is 2.62. The van der Waals surface area contributed by atoms with Crippen LogP contribution < -0.4 is 5.32 Å². The highest BCUT2D eigenvalue weighted by molar-refractivity contribution is 6.53. The van der Waals surface area contributed by atoms with Crippen LogP contribution in [0.4, 0.5) is 5.69 Å². The Balaban J connectivity index is 1.77. The summed E-state index contributed by atoms with van der Waals surface area (Å²) in [7, 11) is 0. The Morgan fingerprint density at radius 1 is 1.14 bits per heavy atom. The lowest BCUT2D eigenvalue weighted by Gasteiger charge is -2.07. The molecule has 0 heterocycles. The molecule has 2 atom stereocenters. The van der Waals surface area contributed by atoms with Gasteiger partial charge < -0.3 is 5.32 Å². The van der Waals surface area contributed by atoms with Crippen LogP contribution in [0.15, 0.2) is 48.5 Å². The minimum absolute atomic E-state index is 0.196. The number of alkyl halides is 2. The number of rotatable bonds is 3. The fourth-order valence-corrected chi connectivity index (χ4v) is 3.63. The van der Waals surface area contributed by atoms with Gasteiger partial charge in [-0.15, -0.1) is 23.2 Å². The Morgan fingerprint density at radius 2 is 1.82 bits per heavy atom. The Labute approximate surface area is 144 Å². The number of benzene rings is 2. The van der Waals surface area contributed by atoms with Gasteiger partial charge in [0.25, 0.3) is 0 Å². The number of hydrogen-bond donors (Lipinski definition) is 1. The molecule has 22 heavy (non-hydrogen) atoms. The van der Waals surface area contributed by atoms with Crippen LogP contribution in [0, 0.1) is 12.8 Å². The number of carbonyl (C=O) groups is 1. The van der Waals surface area contributed by atoms with E-state index < -0.39 is 10.3 Å². The molecule has 1 aliphatic carbocycles. The van der Waals surface area contributed by atoms with E-state index in [0.29, 0.717) is 10.7 Å². The van der Waals surface area contributed by atoms with Crippen LogP contribution in [0.3, 0.4) is 0 Å². The van der Waals surface area contributed by atoms with Gasteiger partial charge in [-0.1, -0.05) is 48.0 Å². The van der Waals surface area contributed by atoms with Gasteiger partial charge in [0.2, 0.25) is 5.91 Å². The normalized spacial score (nSPS) is 22.2. The molecule has 114 valence electrons. The highest BCUT2D eigenvalue weighted by Crippen LogP contribution is 2.65. The first kappa shape index (κ1) is 15.7. The Bertz CT molecular complexity index is 715. The van der Waals surface area contributed by atoms with Crippen molar-refractivity contribution in [2.75, 3.05) is 5.32 Å². The molecule has 0 aromatic heterocycles. The quantitative estimate of drug-likeness (QED) is 0.757. The van der Waals surface area contributed by atoms with Gasteiger partial charge in [-0.2, -0.15) is 0 Å². The molecule has 0 radical (unpaired) electrons. The third-order valence-electron chi connectivity index (χ3n) is 3.93. The van der Waals surface area contributed by atoms with Crippen molar-refractivity contribution in [3.8, 4) is 0 Å². The lowest BCUT2D eigenvalue weighted by atomic mass is 10.1. The molecule has 2 unspecified atom stereocenters. The van der Waals surface area contributed by atoms with E-state index in [9.17, 15) is 4.79 Å². The van der Waals surface area contributed by atoms with E-state index in [1.165, 1.54) is 0 Å². The van der Waals surface area contributed by atoms with Crippen molar-refractivity contribution in [2.24, 2.45) is 5.92 Å². The molecule has 1 aliphatic rings. The van der Waals surface area contributed by atoms with Gasteiger partial charge in [0.05, 0.1) is 5.92 Å². The van der Waals surface area contributed by atoms with Crippen molar-refractivity contribution < 1.29 is 4.79 Å². The van der Waals surface area contributed by atoms with E-state index in [1.54, 1.807) is 6.07 Å². The zero-order valence-corrected chi connectivity index (χ0v) is 14.1. The monoisotopic (exact) mass is 353 g/mol. The van der Waals surface area contributed by atoms with Crippen LogP contribution in [0.5, 0.6) is 0 Å². The standard InChI is InChI=1S/C17H14Cl3NO/c1-10-7-8-12(9-13(10)18)21-16(22)15-14(17(15,19)20)11-5-3-2-4-6-11/h2-9,14-15H,1H3,(H,21,22). The molecule has 2 aromatic rings. The topological polar surface area (TPSA) is 29.1 Å². The highest BCUT2D eigenvalue weighted by atomic mass is 35.5. The van der Waals surface area contributed by atoms with Crippen LogP contribution in [0.2, 0.25) is 5.02 Å². The second-order valence-electron chi connectivity index (χ2n) is 5.49. The van der Waals surface area contributed by atoms with Crippen LogP contribution in [0.25, 0.3) is 0 Å². The predicted molar refractivity (Wildman–Crippen MR) is 91.9 cm³/mol. The molecule has 0 spiro atoms. The van der Waals surface area contributed by atoms with Crippen molar-refractivity contribution in [1.29, 1.82) is 0 Å². The molecule has 0 aliphatic heterocycles. The molecule has 3 rings (SSSR count). The SMILES string of the molecule is Cc1ccc(NC(=O)C2C(c3ccccc3)C2(Cl)Cl)cc1Cl. The number of aryl methyl sites for hydroxylation is 1. The van der Waals surface area contributed by atoms with E-state index in [0.717, 1.165) is 11.1 Å². The van der Waals surface area contributed by atoms with Crippen LogP contribution in [-0.2, 0) is 4.79 Å². The molecular weight excluding hydrogens is 341 g/mol. The van der Waals surface area contributed by atoms with Gasteiger partial charge in [0, 0.05) is 16.6 Å². The number of amides is 1. The van der Waals surface area contributed by atoms with E-state index in [4.69, 9.17) is 34.8 Å². The highest BCUT2D eigenvalue weighted by Gasteiger charge is 2.67. The van der Waals surface area contributed by atoms with Gasteiger partial charge in [0.15, 0.2) is 0 Å². The minimum Gasteiger partial charge on any atom is -0.326 e. The summed E-state index contributed by atoms with van der Waals surface area (Å²) < 4.78 is -1.07. The smallest absolute Gasteiger partial charge is 0.231 e. The number of nitrogens with one attached hydrogen (secondary N) is 1. The van der Waals surface area contributed by atoms with Crippen molar-refractivity contribution in [1.82, 2.24) is 0 Å². The molecule has 1 fully saturated rings. The van der Waals surface area contributed by atoms with Crippen molar-refractivity contribution in [3.05, 3.63) is 64.7 Å². The number of anilines is 1. The summed E-state index contributed by atoms with van der Waals surface area (Å²) in [5, 5.41) is 3.44. The van der Waals surface area contributed by atoms with Crippen molar-refractivity contribution >= 4 is 46.4 Å². The van der Waals surface area contributed by atoms with Gasteiger partial charge in [0.1, 0.15) is 4.33 Å². The Hall–Kier alpha value is -1.22. The summed E-state index contributed by atoms with van der Waals surface area (Å²) in [6.45, 7) is 1.91. The summed E-state index contributed by atoms with van der Waals surface area (Å²) >= 11 is 18.7. The number of halogens is 3. The average molecular weight is 355 g/mol. The molecule has 0 saturated heterocycles. The van der Waals surface area contributed by atoms with Gasteiger partial charge in [-0.3, -0.25) is 4.79 Å². The minimum atomic E-state index is -1.07. The second kappa shape index (κ2) is 5.77.